The summed E-state index contributed by atoms with van der Waals surface area (Å²) in [5.41, 5.74) is 0.303. The van der Waals surface area contributed by atoms with Crippen LogP contribution in [0.1, 0.15) is 27.2 Å². The summed E-state index contributed by atoms with van der Waals surface area (Å²) in [6.07, 6.45) is 1.07. The summed E-state index contributed by atoms with van der Waals surface area (Å²) in [6, 6.07) is 0. The van der Waals surface area contributed by atoms with Crippen LogP contribution in [0.4, 0.5) is 0 Å². The first-order valence-corrected chi connectivity index (χ1v) is 4.18. The van der Waals surface area contributed by atoms with Gasteiger partial charge in [-0.2, -0.15) is 0 Å². The summed E-state index contributed by atoms with van der Waals surface area (Å²) >= 11 is 0. The van der Waals surface area contributed by atoms with Crippen molar-refractivity contribution >= 4 is 5.91 Å². The molecule has 2 heteroatoms. The van der Waals surface area contributed by atoms with Gasteiger partial charge in [-0.1, -0.05) is 20.8 Å². The lowest BCUT2D eigenvalue weighted by molar-refractivity contribution is -0.122. The third-order valence-corrected chi connectivity index (χ3v) is 2.49. The first-order valence-electron chi connectivity index (χ1n) is 4.18. The second-order valence-electron chi connectivity index (χ2n) is 4.43. The SMILES string of the molecule is CNC(=O)C1C[C@@H]1C(C)(C)C. The average Bonchev–Trinajstić information content (AvgIpc) is 2.62. The molecule has 0 saturated heterocycles. The standard InChI is InChI=1S/C9H17NO/c1-9(2,3)7-5-6(7)8(11)10-4/h6-7H,5H2,1-4H3,(H,10,11)/t6?,7-/m0/s1. The monoisotopic (exact) mass is 155 g/mol. The highest BCUT2D eigenvalue weighted by Crippen LogP contribution is 2.50. The van der Waals surface area contributed by atoms with Crippen molar-refractivity contribution in [1.29, 1.82) is 0 Å². The van der Waals surface area contributed by atoms with Gasteiger partial charge in [0.15, 0.2) is 0 Å². The van der Waals surface area contributed by atoms with Crippen molar-refractivity contribution in [2.45, 2.75) is 27.2 Å². The van der Waals surface area contributed by atoms with Gasteiger partial charge in [-0.05, 0) is 17.8 Å². The van der Waals surface area contributed by atoms with E-state index in [-0.39, 0.29) is 5.91 Å². The Bertz CT molecular complexity index is 169. The maximum atomic E-state index is 11.1. The van der Waals surface area contributed by atoms with Crippen molar-refractivity contribution in [2.75, 3.05) is 7.05 Å². The van der Waals surface area contributed by atoms with Gasteiger partial charge in [-0.25, -0.2) is 0 Å². The molecular weight excluding hydrogens is 138 g/mol. The molecule has 1 aliphatic carbocycles. The summed E-state index contributed by atoms with van der Waals surface area (Å²) in [4.78, 5) is 11.1. The van der Waals surface area contributed by atoms with Crippen LogP contribution in [0.25, 0.3) is 0 Å². The Morgan fingerprint density at radius 2 is 2.00 bits per heavy atom. The predicted molar refractivity (Wildman–Crippen MR) is 45.1 cm³/mol. The van der Waals surface area contributed by atoms with E-state index in [2.05, 4.69) is 26.1 Å². The third kappa shape index (κ3) is 1.73. The van der Waals surface area contributed by atoms with Crippen LogP contribution < -0.4 is 5.32 Å². The quantitative estimate of drug-likeness (QED) is 0.609. The van der Waals surface area contributed by atoms with E-state index in [0.29, 0.717) is 17.3 Å². The second-order valence-corrected chi connectivity index (χ2v) is 4.43. The molecule has 0 aromatic rings. The molecule has 1 unspecified atom stereocenters. The highest BCUT2D eigenvalue weighted by atomic mass is 16.1. The van der Waals surface area contributed by atoms with Gasteiger partial charge < -0.3 is 5.32 Å². The van der Waals surface area contributed by atoms with E-state index in [1.165, 1.54) is 0 Å². The third-order valence-electron chi connectivity index (χ3n) is 2.49. The number of nitrogens with one attached hydrogen (secondary N) is 1. The molecule has 0 spiro atoms. The Balaban J connectivity index is 2.44. The first-order chi connectivity index (χ1) is 4.96. The fraction of sp³-hybridized carbons (Fsp3) is 0.889. The minimum Gasteiger partial charge on any atom is -0.359 e. The molecule has 2 atom stereocenters. The van der Waals surface area contributed by atoms with Crippen molar-refractivity contribution in [3.63, 3.8) is 0 Å². The van der Waals surface area contributed by atoms with Crippen LogP contribution in [0.3, 0.4) is 0 Å². The Morgan fingerprint density at radius 1 is 1.45 bits per heavy atom. The van der Waals surface area contributed by atoms with Crippen LogP contribution in [0, 0.1) is 17.3 Å². The molecule has 2 nitrogen and oxygen atoms in total. The summed E-state index contributed by atoms with van der Waals surface area (Å²) < 4.78 is 0. The fourth-order valence-electron chi connectivity index (χ4n) is 1.63. The molecule has 1 amide bonds. The molecule has 11 heavy (non-hydrogen) atoms. The van der Waals surface area contributed by atoms with Gasteiger partial charge >= 0.3 is 0 Å². The van der Waals surface area contributed by atoms with Crippen molar-refractivity contribution in [3.05, 3.63) is 0 Å². The zero-order valence-electron chi connectivity index (χ0n) is 7.77. The van der Waals surface area contributed by atoms with E-state index in [4.69, 9.17) is 0 Å². The average molecular weight is 155 g/mol. The number of hydrogen-bond donors (Lipinski definition) is 1. The molecular formula is C9H17NO. The number of carbonyl (C=O) groups is 1. The number of carbonyl (C=O) groups excluding carboxylic acids is 1. The lowest BCUT2D eigenvalue weighted by Crippen LogP contribution is -2.23. The highest BCUT2D eigenvalue weighted by Gasteiger charge is 2.48. The first kappa shape index (κ1) is 8.57. The van der Waals surface area contributed by atoms with Gasteiger partial charge in [0.25, 0.3) is 0 Å². The number of amides is 1. The minimum atomic E-state index is 0.213. The Labute approximate surface area is 68.4 Å². The van der Waals surface area contributed by atoms with Gasteiger partial charge in [-0.3, -0.25) is 4.79 Å². The lowest BCUT2D eigenvalue weighted by Gasteiger charge is -2.17. The summed E-state index contributed by atoms with van der Waals surface area (Å²) in [5, 5.41) is 2.69. The topological polar surface area (TPSA) is 29.1 Å². The molecule has 1 rings (SSSR count). The second kappa shape index (κ2) is 2.50. The largest absolute Gasteiger partial charge is 0.359 e. The van der Waals surface area contributed by atoms with Gasteiger partial charge in [-0.15, -0.1) is 0 Å². The molecule has 64 valence electrons. The molecule has 0 aliphatic heterocycles. The molecule has 0 heterocycles. The Kier molecular flexibility index (Phi) is 1.95. The van der Waals surface area contributed by atoms with Gasteiger partial charge in [0.2, 0.25) is 5.91 Å². The van der Waals surface area contributed by atoms with Crippen LogP contribution in [-0.2, 0) is 4.79 Å². The zero-order valence-corrected chi connectivity index (χ0v) is 7.77. The van der Waals surface area contributed by atoms with E-state index >= 15 is 0 Å². The highest BCUT2D eigenvalue weighted by molar-refractivity contribution is 5.81. The van der Waals surface area contributed by atoms with E-state index < -0.39 is 0 Å². The van der Waals surface area contributed by atoms with Crippen LogP contribution in [0.2, 0.25) is 0 Å². The molecule has 1 saturated carbocycles. The smallest absolute Gasteiger partial charge is 0.223 e. The maximum Gasteiger partial charge on any atom is 0.223 e. The van der Waals surface area contributed by atoms with Crippen molar-refractivity contribution < 1.29 is 4.79 Å². The van der Waals surface area contributed by atoms with Crippen LogP contribution >= 0.6 is 0 Å². The van der Waals surface area contributed by atoms with Crippen LogP contribution in [0.15, 0.2) is 0 Å². The van der Waals surface area contributed by atoms with Crippen LogP contribution in [0.5, 0.6) is 0 Å². The van der Waals surface area contributed by atoms with Crippen molar-refractivity contribution in [2.24, 2.45) is 17.3 Å². The Hall–Kier alpha value is -0.530. The summed E-state index contributed by atoms with van der Waals surface area (Å²) in [5.74, 6) is 1.10. The predicted octanol–water partition coefficient (Wildman–Crippen LogP) is 1.41. The Morgan fingerprint density at radius 3 is 2.27 bits per heavy atom. The van der Waals surface area contributed by atoms with Crippen molar-refractivity contribution in [1.82, 2.24) is 5.32 Å². The van der Waals surface area contributed by atoms with E-state index in [9.17, 15) is 4.79 Å². The van der Waals surface area contributed by atoms with Crippen LogP contribution in [-0.4, -0.2) is 13.0 Å². The number of hydrogen-bond acceptors (Lipinski definition) is 1. The molecule has 1 N–H and O–H groups in total. The van der Waals surface area contributed by atoms with Crippen molar-refractivity contribution in [3.8, 4) is 0 Å². The van der Waals surface area contributed by atoms with E-state index in [0.717, 1.165) is 6.42 Å². The zero-order chi connectivity index (χ0) is 8.65. The number of rotatable bonds is 1. The van der Waals surface area contributed by atoms with Gasteiger partial charge in [0.1, 0.15) is 0 Å². The molecule has 0 bridgehead atoms. The molecule has 1 fully saturated rings. The molecule has 0 aromatic heterocycles. The van der Waals surface area contributed by atoms with E-state index in [1.54, 1.807) is 7.05 Å². The lowest BCUT2D eigenvalue weighted by atomic mass is 9.89. The molecule has 1 aliphatic rings. The van der Waals surface area contributed by atoms with E-state index in [1.807, 2.05) is 0 Å². The fourth-order valence-corrected chi connectivity index (χ4v) is 1.63. The van der Waals surface area contributed by atoms with Gasteiger partial charge in [0, 0.05) is 13.0 Å². The maximum absolute atomic E-state index is 11.1. The molecule has 0 radical (unpaired) electrons. The van der Waals surface area contributed by atoms with Gasteiger partial charge in [0.05, 0.1) is 0 Å². The minimum absolute atomic E-state index is 0.213. The normalized spacial score (nSPS) is 29.8. The molecule has 0 aromatic carbocycles. The summed E-state index contributed by atoms with van der Waals surface area (Å²) in [7, 11) is 1.71. The summed E-state index contributed by atoms with van der Waals surface area (Å²) in [6.45, 7) is 6.59.